The molecule has 32 heavy (non-hydrogen) atoms. The van der Waals surface area contributed by atoms with E-state index in [-0.39, 0.29) is 13.2 Å². The van der Waals surface area contributed by atoms with Crippen LogP contribution < -0.4 is 9.47 Å². The zero-order valence-electron chi connectivity index (χ0n) is 18.1. The van der Waals surface area contributed by atoms with Crippen molar-refractivity contribution in [2.24, 2.45) is 0 Å². The Labute approximate surface area is 188 Å². The van der Waals surface area contributed by atoms with Crippen LogP contribution in [-0.4, -0.2) is 25.2 Å². The third kappa shape index (κ3) is 6.32. The van der Waals surface area contributed by atoms with Gasteiger partial charge >= 0.3 is 11.9 Å². The highest BCUT2D eigenvalue weighted by atomic mass is 16.6. The minimum atomic E-state index is -0.496. The molecule has 0 aliphatic rings. The van der Waals surface area contributed by atoms with Gasteiger partial charge < -0.3 is 14.2 Å². The average Bonchev–Trinajstić information content (AvgIpc) is 2.83. The summed E-state index contributed by atoms with van der Waals surface area (Å²) < 4.78 is 16.2. The van der Waals surface area contributed by atoms with Crippen LogP contribution in [0.1, 0.15) is 29.3 Å². The standard InChI is InChI=1S/C27H26O5/c1-3-8-20-11-16-24(21-9-6-5-7-10-21)25(19-20)32-27(29)22-12-14-23(15-13-22)30-17-18-31-26(28)4-2/h4-7,9-16,19H,2-3,8,17-18H2,1H3. The van der Waals surface area contributed by atoms with Gasteiger partial charge in [-0.25, -0.2) is 9.59 Å². The third-order valence-electron chi connectivity index (χ3n) is 4.73. The minimum Gasteiger partial charge on any atom is -0.490 e. The van der Waals surface area contributed by atoms with Crippen molar-refractivity contribution in [3.05, 3.63) is 96.6 Å². The van der Waals surface area contributed by atoms with Gasteiger partial charge in [-0.1, -0.05) is 62.4 Å². The molecule has 0 bridgehead atoms. The molecule has 5 heteroatoms. The smallest absolute Gasteiger partial charge is 0.343 e. The molecule has 3 aromatic rings. The molecule has 0 spiro atoms. The molecule has 3 rings (SSSR count). The van der Waals surface area contributed by atoms with Crippen LogP contribution in [0.3, 0.4) is 0 Å². The number of esters is 2. The van der Waals surface area contributed by atoms with E-state index in [2.05, 4.69) is 19.6 Å². The molecule has 164 valence electrons. The van der Waals surface area contributed by atoms with E-state index in [1.54, 1.807) is 24.3 Å². The van der Waals surface area contributed by atoms with Gasteiger partial charge in [0.15, 0.2) is 0 Å². The fourth-order valence-corrected chi connectivity index (χ4v) is 3.16. The van der Waals surface area contributed by atoms with Crippen molar-refractivity contribution in [1.82, 2.24) is 0 Å². The topological polar surface area (TPSA) is 61.8 Å². The molecule has 0 saturated heterocycles. The number of carbonyl (C=O) groups excluding carboxylic acids is 2. The van der Waals surface area contributed by atoms with E-state index < -0.39 is 11.9 Å². The van der Waals surface area contributed by atoms with Crippen molar-refractivity contribution >= 4 is 11.9 Å². The van der Waals surface area contributed by atoms with Gasteiger partial charge in [0.05, 0.1) is 5.56 Å². The maximum Gasteiger partial charge on any atom is 0.343 e. The van der Waals surface area contributed by atoms with E-state index in [1.165, 1.54) is 0 Å². The molecule has 0 aliphatic carbocycles. The molecule has 0 N–H and O–H groups in total. The Kier molecular flexibility index (Phi) is 8.21. The molecule has 0 atom stereocenters. The molecule has 0 fully saturated rings. The van der Waals surface area contributed by atoms with Gasteiger partial charge in [-0.2, -0.15) is 0 Å². The number of hydrogen-bond acceptors (Lipinski definition) is 5. The van der Waals surface area contributed by atoms with Gasteiger partial charge in [-0.15, -0.1) is 0 Å². The lowest BCUT2D eigenvalue weighted by Gasteiger charge is -2.13. The van der Waals surface area contributed by atoms with Crippen LogP contribution in [0.2, 0.25) is 0 Å². The second kappa shape index (κ2) is 11.5. The van der Waals surface area contributed by atoms with Crippen LogP contribution in [0.4, 0.5) is 0 Å². The van der Waals surface area contributed by atoms with Crippen molar-refractivity contribution < 1.29 is 23.8 Å². The van der Waals surface area contributed by atoms with Crippen LogP contribution in [0, 0.1) is 0 Å². The summed E-state index contributed by atoms with van der Waals surface area (Å²) in [6.45, 7) is 5.76. The van der Waals surface area contributed by atoms with E-state index in [4.69, 9.17) is 14.2 Å². The molecule has 3 aromatic carbocycles. The van der Waals surface area contributed by atoms with Crippen LogP contribution in [0.5, 0.6) is 11.5 Å². The Bertz CT molecular complexity index is 1060. The first kappa shape index (κ1) is 22.8. The molecule has 0 aliphatic heterocycles. The fraction of sp³-hybridized carbons (Fsp3) is 0.185. The molecule has 5 nitrogen and oxygen atoms in total. The molecule has 0 heterocycles. The Morgan fingerprint density at radius 1 is 0.938 bits per heavy atom. The van der Waals surface area contributed by atoms with Gasteiger partial charge in [-0.05, 0) is 47.9 Å². The lowest BCUT2D eigenvalue weighted by atomic mass is 10.0. The van der Waals surface area contributed by atoms with Gasteiger partial charge in [0.1, 0.15) is 24.7 Å². The molecule has 0 amide bonds. The Morgan fingerprint density at radius 3 is 2.38 bits per heavy atom. The number of aryl methyl sites for hydroxylation is 1. The number of benzene rings is 3. The highest BCUT2D eigenvalue weighted by molar-refractivity contribution is 5.92. The highest BCUT2D eigenvalue weighted by Crippen LogP contribution is 2.32. The van der Waals surface area contributed by atoms with E-state index in [0.29, 0.717) is 17.1 Å². The maximum absolute atomic E-state index is 12.8. The fourth-order valence-electron chi connectivity index (χ4n) is 3.16. The zero-order valence-corrected chi connectivity index (χ0v) is 18.1. The van der Waals surface area contributed by atoms with Gasteiger partial charge in [0, 0.05) is 11.6 Å². The number of hydrogen-bond donors (Lipinski definition) is 0. The van der Waals surface area contributed by atoms with Crippen molar-refractivity contribution in [2.45, 2.75) is 19.8 Å². The quantitative estimate of drug-likeness (QED) is 0.180. The summed E-state index contributed by atoms with van der Waals surface area (Å²) >= 11 is 0. The van der Waals surface area contributed by atoms with E-state index >= 15 is 0 Å². The summed E-state index contributed by atoms with van der Waals surface area (Å²) in [6.07, 6.45) is 3.02. The summed E-state index contributed by atoms with van der Waals surface area (Å²) in [5, 5.41) is 0. The van der Waals surface area contributed by atoms with Crippen molar-refractivity contribution in [1.29, 1.82) is 0 Å². The second-order valence-corrected chi connectivity index (χ2v) is 7.08. The third-order valence-corrected chi connectivity index (χ3v) is 4.73. The van der Waals surface area contributed by atoms with Gasteiger partial charge in [0.2, 0.25) is 0 Å². The van der Waals surface area contributed by atoms with Crippen molar-refractivity contribution in [3.63, 3.8) is 0 Å². The minimum absolute atomic E-state index is 0.116. The summed E-state index contributed by atoms with van der Waals surface area (Å²) in [6, 6.07) is 22.5. The average molecular weight is 431 g/mol. The molecule has 0 unspecified atom stereocenters. The highest BCUT2D eigenvalue weighted by Gasteiger charge is 2.14. The summed E-state index contributed by atoms with van der Waals surface area (Å²) in [7, 11) is 0. The number of ether oxygens (including phenoxy) is 3. The van der Waals surface area contributed by atoms with Crippen LogP contribution in [0.15, 0.2) is 85.5 Å². The Balaban J connectivity index is 1.70. The maximum atomic E-state index is 12.8. The summed E-state index contributed by atoms with van der Waals surface area (Å²) in [5.74, 6) is 0.162. The normalized spacial score (nSPS) is 10.3. The predicted octanol–water partition coefficient (Wildman–Crippen LogP) is 5.63. The molecule has 0 saturated carbocycles. The largest absolute Gasteiger partial charge is 0.490 e. The Hall–Kier alpha value is -3.86. The SMILES string of the molecule is C=CC(=O)OCCOc1ccc(C(=O)Oc2cc(CCC)ccc2-c2ccccc2)cc1. The van der Waals surface area contributed by atoms with E-state index in [9.17, 15) is 9.59 Å². The van der Waals surface area contributed by atoms with Gasteiger partial charge in [-0.3, -0.25) is 0 Å². The zero-order chi connectivity index (χ0) is 22.8. The monoisotopic (exact) mass is 430 g/mol. The second-order valence-electron chi connectivity index (χ2n) is 7.08. The lowest BCUT2D eigenvalue weighted by molar-refractivity contribution is -0.138. The van der Waals surface area contributed by atoms with E-state index in [1.807, 2.05) is 42.5 Å². The predicted molar refractivity (Wildman–Crippen MR) is 124 cm³/mol. The summed E-state index contributed by atoms with van der Waals surface area (Å²) in [5.41, 5.74) is 3.39. The van der Waals surface area contributed by atoms with Gasteiger partial charge in [0.25, 0.3) is 0 Å². The first-order valence-electron chi connectivity index (χ1n) is 10.5. The van der Waals surface area contributed by atoms with Crippen molar-refractivity contribution in [3.8, 4) is 22.6 Å². The number of rotatable bonds is 10. The molecular formula is C27H26O5. The van der Waals surface area contributed by atoms with Crippen LogP contribution in [-0.2, 0) is 16.0 Å². The molecule has 0 radical (unpaired) electrons. The first-order valence-corrected chi connectivity index (χ1v) is 10.5. The molecule has 0 aromatic heterocycles. The Morgan fingerprint density at radius 2 is 1.69 bits per heavy atom. The lowest BCUT2D eigenvalue weighted by Crippen LogP contribution is -2.11. The van der Waals surface area contributed by atoms with Crippen LogP contribution >= 0.6 is 0 Å². The molecular weight excluding hydrogens is 404 g/mol. The summed E-state index contributed by atoms with van der Waals surface area (Å²) in [4.78, 5) is 23.8. The number of carbonyl (C=O) groups is 2. The van der Waals surface area contributed by atoms with Crippen molar-refractivity contribution in [2.75, 3.05) is 13.2 Å². The van der Waals surface area contributed by atoms with Crippen LogP contribution in [0.25, 0.3) is 11.1 Å². The van der Waals surface area contributed by atoms with E-state index in [0.717, 1.165) is 35.6 Å². The first-order chi connectivity index (χ1) is 15.6.